The number of halogens is 2. The molecule has 0 saturated heterocycles. The standard InChI is InChI=1S/C18H21ClFN5O4S2/c1-25-18(21)22-9-11(31(25,27)28)10-29-7-3-4-13-12(19)8-14(30-13)17(26)24-16-6-2-5-15(20)23-16/h2,5-6,8,11H,3-4,7,9-10H2,1H3,(H2,21,22)(H,23,24,26). The number of rotatable bonds is 8. The molecule has 0 fully saturated rings. The lowest BCUT2D eigenvalue weighted by Gasteiger charge is -2.28. The molecular weight excluding hydrogens is 469 g/mol. The Balaban J connectivity index is 1.47. The highest BCUT2D eigenvalue weighted by Gasteiger charge is 2.34. The molecule has 1 aliphatic rings. The van der Waals surface area contributed by atoms with Crippen molar-refractivity contribution in [1.82, 2.24) is 9.29 Å². The van der Waals surface area contributed by atoms with Gasteiger partial charge in [0.15, 0.2) is 0 Å². The number of aromatic nitrogens is 1. The number of guanidine groups is 1. The Morgan fingerprint density at radius 2 is 2.26 bits per heavy atom. The Morgan fingerprint density at radius 3 is 3.00 bits per heavy atom. The minimum absolute atomic E-state index is 0.00984. The number of amides is 1. The normalized spacial score (nSPS) is 18.0. The number of aryl methyl sites for hydroxylation is 1. The summed E-state index contributed by atoms with van der Waals surface area (Å²) < 4.78 is 44.2. The molecule has 0 radical (unpaired) electrons. The average Bonchev–Trinajstić information content (AvgIpc) is 3.08. The number of pyridine rings is 1. The quantitative estimate of drug-likeness (QED) is 0.432. The summed E-state index contributed by atoms with van der Waals surface area (Å²) in [4.78, 5) is 21.1. The first-order valence-corrected chi connectivity index (χ1v) is 12.0. The summed E-state index contributed by atoms with van der Waals surface area (Å²) in [6.07, 6.45) is 1.14. The van der Waals surface area contributed by atoms with Gasteiger partial charge in [-0.2, -0.15) is 4.39 Å². The molecule has 9 nitrogen and oxygen atoms in total. The third kappa shape index (κ3) is 5.70. The highest BCUT2D eigenvalue weighted by atomic mass is 35.5. The Labute approximate surface area is 188 Å². The third-order valence-electron chi connectivity index (χ3n) is 4.52. The highest BCUT2D eigenvalue weighted by molar-refractivity contribution is 7.90. The zero-order valence-electron chi connectivity index (χ0n) is 16.5. The fraction of sp³-hybridized carbons (Fsp3) is 0.389. The van der Waals surface area contributed by atoms with E-state index in [1.165, 1.54) is 36.6 Å². The van der Waals surface area contributed by atoms with E-state index in [0.717, 1.165) is 9.18 Å². The van der Waals surface area contributed by atoms with Crippen LogP contribution in [-0.2, 0) is 21.2 Å². The lowest BCUT2D eigenvalue weighted by Crippen LogP contribution is -2.50. The molecule has 1 aliphatic heterocycles. The van der Waals surface area contributed by atoms with Gasteiger partial charge in [0, 0.05) is 18.5 Å². The van der Waals surface area contributed by atoms with Crippen molar-refractivity contribution in [3.63, 3.8) is 0 Å². The van der Waals surface area contributed by atoms with Crippen molar-refractivity contribution >= 4 is 50.6 Å². The van der Waals surface area contributed by atoms with Crippen molar-refractivity contribution in [1.29, 1.82) is 0 Å². The van der Waals surface area contributed by atoms with Crippen LogP contribution >= 0.6 is 22.9 Å². The van der Waals surface area contributed by atoms with Gasteiger partial charge in [0.25, 0.3) is 5.91 Å². The topological polar surface area (TPSA) is 127 Å². The van der Waals surface area contributed by atoms with E-state index in [0.29, 0.717) is 29.3 Å². The molecule has 0 aromatic carbocycles. The molecular formula is C18H21ClFN5O4S2. The van der Waals surface area contributed by atoms with Crippen LogP contribution in [0.25, 0.3) is 0 Å². The minimum atomic E-state index is -3.57. The van der Waals surface area contributed by atoms with Crippen LogP contribution in [-0.4, -0.2) is 61.6 Å². The number of carbonyl (C=O) groups excluding carboxylic acids is 1. The molecule has 0 saturated carbocycles. The molecule has 1 unspecified atom stereocenters. The van der Waals surface area contributed by atoms with E-state index in [1.807, 2.05) is 0 Å². The van der Waals surface area contributed by atoms with E-state index >= 15 is 0 Å². The summed E-state index contributed by atoms with van der Waals surface area (Å²) in [6.45, 7) is 0.391. The second kappa shape index (κ2) is 9.90. The molecule has 3 N–H and O–H groups in total. The van der Waals surface area contributed by atoms with E-state index in [4.69, 9.17) is 22.1 Å². The van der Waals surface area contributed by atoms with Crippen molar-refractivity contribution < 1.29 is 22.3 Å². The summed E-state index contributed by atoms with van der Waals surface area (Å²) in [5.74, 6) is -1.04. The number of sulfonamides is 1. The zero-order valence-corrected chi connectivity index (χ0v) is 18.9. The van der Waals surface area contributed by atoms with Crippen LogP contribution in [0.1, 0.15) is 21.0 Å². The predicted octanol–water partition coefficient (Wildman–Crippen LogP) is 2.10. The van der Waals surface area contributed by atoms with E-state index in [9.17, 15) is 17.6 Å². The number of ether oxygens (including phenoxy) is 1. The maximum absolute atomic E-state index is 13.1. The summed E-state index contributed by atoms with van der Waals surface area (Å²) in [5.41, 5.74) is 5.54. The molecule has 13 heteroatoms. The number of aliphatic imine (C=N–C) groups is 1. The van der Waals surface area contributed by atoms with Crippen LogP contribution in [0, 0.1) is 5.95 Å². The molecule has 3 heterocycles. The number of hydrogen-bond donors (Lipinski definition) is 2. The van der Waals surface area contributed by atoms with Crippen molar-refractivity contribution in [2.75, 3.05) is 32.1 Å². The summed E-state index contributed by atoms with van der Waals surface area (Å²) in [5, 5.41) is 2.20. The van der Waals surface area contributed by atoms with E-state index in [-0.39, 0.29) is 24.9 Å². The Morgan fingerprint density at radius 1 is 1.48 bits per heavy atom. The predicted molar refractivity (Wildman–Crippen MR) is 118 cm³/mol. The lowest BCUT2D eigenvalue weighted by molar-refractivity contribution is 0.103. The van der Waals surface area contributed by atoms with Crippen LogP contribution in [0.4, 0.5) is 10.2 Å². The molecule has 3 rings (SSSR count). The zero-order chi connectivity index (χ0) is 22.6. The van der Waals surface area contributed by atoms with Gasteiger partial charge in [-0.1, -0.05) is 17.7 Å². The Bertz CT molecular complexity index is 1090. The monoisotopic (exact) mass is 489 g/mol. The fourth-order valence-electron chi connectivity index (χ4n) is 2.78. The molecule has 31 heavy (non-hydrogen) atoms. The number of carbonyl (C=O) groups is 1. The van der Waals surface area contributed by atoms with E-state index in [2.05, 4.69) is 15.3 Å². The van der Waals surface area contributed by atoms with Gasteiger partial charge in [-0.25, -0.2) is 17.7 Å². The van der Waals surface area contributed by atoms with E-state index < -0.39 is 27.1 Å². The fourth-order valence-corrected chi connectivity index (χ4v) is 5.45. The molecule has 2 aromatic rings. The van der Waals surface area contributed by atoms with Crippen LogP contribution in [0.15, 0.2) is 29.3 Å². The van der Waals surface area contributed by atoms with Crippen LogP contribution < -0.4 is 11.1 Å². The highest BCUT2D eigenvalue weighted by Crippen LogP contribution is 2.29. The number of hydrogen-bond acceptors (Lipinski definition) is 8. The van der Waals surface area contributed by atoms with E-state index in [1.54, 1.807) is 6.07 Å². The molecule has 0 spiro atoms. The van der Waals surface area contributed by atoms with Gasteiger partial charge in [-0.3, -0.25) is 9.79 Å². The van der Waals surface area contributed by atoms with Crippen LogP contribution in [0.3, 0.4) is 0 Å². The average molecular weight is 490 g/mol. The largest absolute Gasteiger partial charge is 0.380 e. The van der Waals surface area contributed by atoms with Crippen molar-refractivity contribution in [2.45, 2.75) is 18.1 Å². The molecule has 1 amide bonds. The van der Waals surface area contributed by atoms with Gasteiger partial charge in [-0.05, 0) is 31.0 Å². The maximum Gasteiger partial charge on any atom is 0.266 e. The number of anilines is 1. The minimum Gasteiger partial charge on any atom is -0.380 e. The summed E-state index contributed by atoms with van der Waals surface area (Å²) in [6, 6.07) is 5.66. The number of thiophene rings is 1. The van der Waals surface area contributed by atoms with Gasteiger partial charge >= 0.3 is 0 Å². The molecule has 0 bridgehead atoms. The maximum atomic E-state index is 13.1. The lowest BCUT2D eigenvalue weighted by atomic mass is 10.2. The van der Waals surface area contributed by atoms with Gasteiger partial charge in [0.2, 0.25) is 21.9 Å². The third-order valence-corrected chi connectivity index (χ3v) is 8.24. The number of nitrogens with zero attached hydrogens (tertiary/aromatic N) is 3. The van der Waals surface area contributed by atoms with Crippen LogP contribution in [0.2, 0.25) is 5.02 Å². The number of nitrogens with one attached hydrogen (secondary N) is 1. The first kappa shape index (κ1) is 23.4. The Kier molecular flexibility index (Phi) is 7.46. The summed E-state index contributed by atoms with van der Waals surface area (Å²) >= 11 is 7.44. The van der Waals surface area contributed by atoms with Gasteiger partial charge in [-0.15, -0.1) is 11.3 Å². The van der Waals surface area contributed by atoms with Gasteiger partial charge < -0.3 is 15.8 Å². The second-order valence-electron chi connectivity index (χ2n) is 6.69. The van der Waals surface area contributed by atoms with Gasteiger partial charge in [0.05, 0.1) is 23.1 Å². The van der Waals surface area contributed by atoms with Crippen molar-refractivity contribution in [3.8, 4) is 0 Å². The molecule has 2 aromatic heterocycles. The van der Waals surface area contributed by atoms with Crippen molar-refractivity contribution in [3.05, 3.63) is 45.0 Å². The summed E-state index contributed by atoms with van der Waals surface area (Å²) in [7, 11) is -2.21. The molecule has 168 valence electrons. The molecule has 0 aliphatic carbocycles. The first-order valence-electron chi connectivity index (χ1n) is 9.26. The van der Waals surface area contributed by atoms with Crippen molar-refractivity contribution in [2.24, 2.45) is 10.7 Å². The number of nitrogens with two attached hydrogens (primary N) is 1. The Hall–Kier alpha value is -2.28. The van der Waals surface area contributed by atoms with Crippen LogP contribution in [0.5, 0.6) is 0 Å². The van der Waals surface area contributed by atoms with Gasteiger partial charge in [0.1, 0.15) is 11.1 Å². The SMILES string of the molecule is CN1C(N)=NCC(COCCCc2sc(C(=O)Nc3cccc(F)n3)cc2Cl)S1(=O)=O. The smallest absolute Gasteiger partial charge is 0.266 e. The first-order chi connectivity index (χ1) is 14.7. The molecule has 1 atom stereocenters. The second-order valence-corrected chi connectivity index (χ2v) is 10.5.